The fourth-order valence-corrected chi connectivity index (χ4v) is 2.94. The van der Waals surface area contributed by atoms with Crippen LogP contribution in [0, 0.1) is 13.8 Å². The van der Waals surface area contributed by atoms with Gasteiger partial charge in [-0.25, -0.2) is 9.69 Å². The molecule has 1 aliphatic rings. The standard InChI is InChI=1S/C22H20N2O4/c1-4-5-16-11-15(7-9-19(16)25)12-18-20(26)23-22(28)24(21(18)27)17-8-6-13(2)14(3)10-17/h4,6-12,25H,1,5H2,2-3H3,(H,23,26,28)/b18-12+. The molecule has 0 aromatic heterocycles. The largest absolute Gasteiger partial charge is 0.508 e. The normalized spacial score (nSPS) is 15.7. The van der Waals surface area contributed by atoms with Crippen molar-refractivity contribution in [1.82, 2.24) is 5.32 Å². The Balaban J connectivity index is 2.02. The molecule has 1 aliphatic heterocycles. The molecule has 2 aromatic carbocycles. The summed E-state index contributed by atoms with van der Waals surface area (Å²) in [6, 6.07) is 9.16. The average Bonchev–Trinajstić information content (AvgIpc) is 2.64. The Morgan fingerprint density at radius 1 is 1.07 bits per heavy atom. The van der Waals surface area contributed by atoms with Crippen molar-refractivity contribution >= 4 is 29.6 Å². The van der Waals surface area contributed by atoms with Gasteiger partial charge in [0.05, 0.1) is 5.69 Å². The summed E-state index contributed by atoms with van der Waals surface area (Å²) in [5.74, 6) is -1.35. The zero-order chi connectivity index (χ0) is 20.4. The van der Waals surface area contributed by atoms with E-state index in [1.54, 1.807) is 30.3 Å². The monoisotopic (exact) mass is 376 g/mol. The molecule has 0 radical (unpaired) electrons. The molecule has 6 nitrogen and oxygen atoms in total. The lowest BCUT2D eigenvalue weighted by Crippen LogP contribution is -2.54. The lowest BCUT2D eigenvalue weighted by atomic mass is 10.0. The predicted octanol–water partition coefficient (Wildman–Crippen LogP) is 3.40. The van der Waals surface area contributed by atoms with E-state index < -0.39 is 17.8 Å². The quantitative estimate of drug-likeness (QED) is 0.486. The van der Waals surface area contributed by atoms with Crippen LogP contribution in [0.3, 0.4) is 0 Å². The van der Waals surface area contributed by atoms with E-state index in [1.807, 2.05) is 19.9 Å². The van der Waals surface area contributed by atoms with Gasteiger partial charge in [-0.3, -0.25) is 14.9 Å². The van der Waals surface area contributed by atoms with Gasteiger partial charge >= 0.3 is 6.03 Å². The van der Waals surface area contributed by atoms with Crippen LogP contribution in [0.1, 0.15) is 22.3 Å². The van der Waals surface area contributed by atoms with Crippen molar-refractivity contribution in [3.63, 3.8) is 0 Å². The SMILES string of the molecule is C=CCc1cc(/C=C2\C(=O)NC(=O)N(c3ccc(C)c(C)c3)C2=O)ccc1O. The fourth-order valence-electron chi connectivity index (χ4n) is 2.94. The number of urea groups is 1. The Morgan fingerprint density at radius 3 is 2.50 bits per heavy atom. The van der Waals surface area contributed by atoms with Gasteiger partial charge in [0, 0.05) is 0 Å². The van der Waals surface area contributed by atoms with Crippen LogP contribution in [0.2, 0.25) is 0 Å². The van der Waals surface area contributed by atoms with Crippen molar-refractivity contribution < 1.29 is 19.5 Å². The molecule has 4 amide bonds. The van der Waals surface area contributed by atoms with E-state index >= 15 is 0 Å². The second-order valence-electron chi connectivity index (χ2n) is 6.61. The maximum atomic E-state index is 12.9. The average molecular weight is 376 g/mol. The molecule has 6 heteroatoms. The summed E-state index contributed by atoms with van der Waals surface area (Å²) in [4.78, 5) is 38.5. The van der Waals surface area contributed by atoms with E-state index in [0.29, 0.717) is 23.2 Å². The Labute approximate surface area is 162 Å². The minimum atomic E-state index is -0.784. The highest BCUT2D eigenvalue weighted by molar-refractivity contribution is 6.39. The van der Waals surface area contributed by atoms with Crippen LogP contribution in [0.4, 0.5) is 10.5 Å². The number of nitrogens with one attached hydrogen (secondary N) is 1. The van der Waals surface area contributed by atoms with Gasteiger partial charge in [-0.05, 0) is 72.9 Å². The van der Waals surface area contributed by atoms with Gasteiger partial charge < -0.3 is 5.11 Å². The van der Waals surface area contributed by atoms with Gasteiger partial charge in [-0.1, -0.05) is 18.2 Å². The number of allylic oxidation sites excluding steroid dienone is 1. The van der Waals surface area contributed by atoms with Crippen molar-refractivity contribution in [1.29, 1.82) is 0 Å². The van der Waals surface area contributed by atoms with Gasteiger partial charge in [-0.2, -0.15) is 0 Å². The molecular formula is C22H20N2O4. The van der Waals surface area contributed by atoms with Crippen molar-refractivity contribution in [2.75, 3.05) is 4.90 Å². The predicted molar refractivity (Wildman–Crippen MR) is 107 cm³/mol. The van der Waals surface area contributed by atoms with Gasteiger partial charge in [-0.15, -0.1) is 6.58 Å². The number of hydrogen-bond donors (Lipinski definition) is 2. The van der Waals surface area contributed by atoms with Gasteiger partial charge in [0.2, 0.25) is 0 Å². The number of carbonyl (C=O) groups excluding carboxylic acids is 3. The summed E-state index contributed by atoms with van der Waals surface area (Å²) in [6.45, 7) is 7.45. The third kappa shape index (κ3) is 3.57. The lowest BCUT2D eigenvalue weighted by Gasteiger charge is -2.26. The van der Waals surface area contributed by atoms with Crippen LogP contribution in [0.15, 0.2) is 54.6 Å². The summed E-state index contributed by atoms with van der Waals surface area (Å²) in [6.07, 6.45) is 3.49. The molecule has 0 saturated carbocycles. The summed E-state index contributed by atoms with van der Waals surface area (Å²) in [5, 5.41) is 12.1. The molecular weight excluding hydrogens is 356 g/mol. The molecule has 3 rings (SSSR count). The number of phenolic OH excluding ortho intramolecular Hbond substituents is 1. The van der Waals surface area contributed by atoms with E-state index in [9.17, 15) is 19.5 Å². The number of aromatic hydroxyl groups is 1. The molecule has 2 N–H and O–H groups in total. The summed E-state index contributed by atoms with van der Waals surface area (Å²) in [7, 11) is 0. The van der Waals surface area contributed by atoms with Gasteiger partial charge in [0.15, 0.2) is 0 Å². The Hall–Kier alpha value is -3.67. The molecule has 0 spiro atoms. The molecule has 0 atom stereocenters. The van der Waals surface area contributed by atoms with Crippen molar-refractivity contribution in [3.05, 3.63) is 76.9 Å². The first kappa shape index (κ1) is 19.1. The number of imide groups is 2. The number of anilines is 1. The first-order valence-corrected chi connectivity index (χ1v) is 8.73. The van der Waals surface area contributed by atoms with Crippen LogP contribution >= 0.6 is 0 Å². The zero-order valence-corrected chi connectivity index (χ0v) is 15.7. The topological polar surface area (TPSA) is 86.7 Å². The van der Waals surface area contributed by atoms with E-state index in [-0.39, 0.29) is 11.3 Å². The first-order valence-electron chi connectivity index (χ1n) is 8.73. The highest BCUT2D eigenvalue weighted by Gasteiger charge is 2.36. The molecule has 1 fully saturated rings. The van der Waals surface area contributed by atoms with E-state index in [0.717, 1.165) is 16.0 Å². The van der Waals surface area contributed by atoms with E-state index in [2.05, 4.69) is 11.9 Å². The zero-order valence-electron chi connectivity index (χ0n) is 15.7. The third-order valence-corrected chi connectivity index (χ3v) is 4.63. The van der Waals surface area contributed by atoms with Gasteiger partial charge in [0.1, 0.15) is 11.3 Å². The summed E-state index contributed by atoms with van der Waals surface area (Å²) in [5.41, 5.74) is 3.36. The number of rotatable bonds is 4. The number of amides is 4. The number of benzene rings is 2. The fraction of sp³-hybridized carbons (Fsp3) is 0.136. The van der Waals surface area contributed by atoms with E-state index in [4.69, 9.17) is 0 Å². The maximum Gasteiger partial charge on any atom is 0.335 e. The van der Waals surface area contributed by atoms with E-state index in [1.165, 1.54) is 12.1 Å². The second kappa shape index (κ2) is 7.52. The van der Waals surface area contributed by atoms with Crippen LogP contribution in [0.25, 0.3) is 6.08 Å². The molecule has 0 unspecified atom stereocenters. The van der Waals surface area contributed by atoms with Crippen molar-refractivity contribution in [2.45, 2.75) is 20.3 Å². The summed E-state index contributed by atoms with van der Waals surface area (Å²) >= 11 is 0. The van der Waals surface area contributed by atoms with Gasteiger partial charge in [0.25, 0.3) is 11.8 Å². The smallest absolute Gasteiger partial charge is 0.335 e. The molecule has 28 heavy (non-hydrogen) atoms. The van der Waals surface area contributed by atoms with Crippen LogP contribution in [-0.2, 0) is 16.0 Å². The molecule has 1 heterocycles. The molecule has 2 aromatic rings. The third-order valence-electron chi connectivity index (χ3n) is 4.63. The number of aryl methyl sites for hydroxylation is 2. The minimum absolute atomic E-state index is 0.105. The van der Waals surface area contributed by atoms with Crippen molar-refractivity contribution in [3.8, 4) is 5.75 Å². The maximum absolute atomic E-state index is 12.9. The molecule has 1 saturated heterocycles. The Kier molecular flexibility index (Phi) is 5.13. The highest BCUT2D eigenvalue weighted by atomic mass is 16.3. The van der Waals surface area contributed by atoms with Crippen LogP contribution < -0.4 is 10.2 Å². The molecule has 0 bridgehead atoms. The summed E-state index contributed by atoms with van der Waals surface area (Å²) < 4.78 is 0. The minimum Gasteiger partial charge on any atom is -0.508 e. The lowest BCUT2D eigenvalue weighted by molar-refractivity contribution is -0.122. The number of phenols is 1. The van der Waals surface area contributed by atoms with Crippen LogP contribution in [-0.4, -0.2) is 23.0 Å². The number of hydrogen-bond acceptors (Lipinski definition) is 4. The number of carbonyl (C=O) groups is 3. The molecule has 0 aliphatic carbocycles. The number of barbiturate groups is 1. The molecule has 142 valence electrons. The highest BCUT2D eigenvalue weighted by Crippen LogP contribution is 2.25. The Morgan fingerprint density at radius 2 is 1.82 bits per heavy atom. The Bertz CT molecular complexity index is 1040. The van der Waals surface area contributed by atoms with Crippen molar-refractivity contribution in [2.24, 2.45) is 0 Å². The second-order valence-corrected chi connectivity index (χ2v) is 6.61. The number of nitrogens with zero attached hydrogens (tertiary/aromatic N) is 1. The van der Waals surface area contributed by atoms with Crippen LogP contribution in [0.5, 0.6) is 5.75 Å². The first-order chi connectivity index (χ1) is 13.3.